The lowest BCUT2D eigenvalue weighted by molar-refractivity contribution is -0.115. The van der Waals surface area contributed by atoms with Gasteiger partial charge in [0, 0.05) is 12.2 Å². The van der Waals surface area contributed by atoms with Gasteiger partial charge in [-0.15, -0.1) is 11.8 Å². The monoisotopic (exact) mass is 452 g/mol. The minimum absolute atomic E-state index is 0.0603. The van der Waals surface area contributed by atoms with Gasteiger partial charge in [0.2, 0.25) is 5.91 Å². The summed E-state index contributed by atoms with van der Waals surface area (Å²) in [5.41, 5.74) is 7.89. The lowest BCUT2D eigenvalue weighted by Crippen LogP contribution is -2.12. The Hall–Kier alpha value is -3.34. The van der Waals surface area contributed by atoms with Crippen molar-refractivity contribution >= 4 is 50.2 Å². The highest BCUT2D eigenvalue weighted by Crippen LogP contribution is 2.33. The molecule has 3 rings (SSSR count). The van der Waals surface area contributed by atoms with E-state index >= 15 is 0 Å². The first-order valence-electron chi connectivity index (χ1n) is 9.38. The van der Waals surface area contributed by atoms with Crippen LogP contribution in [0, 0.1) is 22.7 Å². The normalized spacial score (nSPS) is 10.6. The summed E-state index contributed by atoms with van der Waals surface area (Å²) in [5, 5.41) is 22.7. The second-order valence-electron chi connectivity index (χ2n) is 6.84. The van der Waals surface area contributed by atoms with E-state index in [1.54, 1.807) is 7.11 Å². The summed E-state index contributed by atoms with van der Waals surface area (Å²) in [6, 6.07) is 9.71. The zero-order valence-electron chi connectivity index (χ0n) is 17.2. The number of hydrogen-bond donors (Lipinski definition) is 2. The van der Waals surface area contributed by atoms with E-state index in [2.05, 4.69) is 21.4 Å². The van der Waals surface area contributed by atoms with Crippen LogP contribution in [0.4, 0.5) is 10.9 Å². The van der Waals surface area contributed by atoms with Crippen molar-refractivity contribution in [3.05, 3.63) is 34.9 Å². The molecule has 10 heteroatoms. The molecule has 158 valence electrons. The number of carbonyl (C=O) groups is 1. The van der Waals surface area contributed by atoms with Gasteiger partial charge >= 0.3 is 0 Å². The second-order valence-corrected chi connectivity index (χ2v) is 8.96. The van der Waals surface area contributed by atoms with Gasteiger partial charge in [-0.3, -0.25) is 4.79 Å². The van der Waals surface area contributed by atoms with E-state index in [0.29, 0.717) is 27.0 Å². The molecule has 0 saturated carbocycles. The molecule has 3 aromatic rings. The number of aromatic nitrogens is 2. The van der Waals surface area contributed by atoms with Gasteiger partial charge < -0.3 is 15.8 Å². The zero-order chi connectivity index (χ0) is 22.5. The van der Waals surface area contributed by atoms with E-state index in [1.165, 1.54) is 23.1 Å². The van der Waals surface area contributed by atoms with E-state index in [-0.39, 0.29) is 29.6 Å². The van der Waals surface area contributed by atoms with E-state index in [9.17, 15) is 15.3 Å². The third-order valence-corrected chi connectivity index (χ3v) is 6.35. The molecular weight excluding hydrogens is 432 g/mol. The van der Waals surface area contributed by atoms with Crippen molar-refractivity contribution in [2.45, 2.75) is 31.2 Å². The smallest absolute Gasteiger partial charge is 0.226 e. The standard InChI is InChI=1S/C21H20N6O2S2/c1-11(2)18-13(9-22)19(24)27-20(14(18)10-23)30-7-6-17(28)26-21-25-15-5-4-12(29-3)8-16(15)31-21/h4-5,8,11H,6-7H2,1-3H3,(H2,24,27)(H,25,26,28). The third kappa shape index (κ3) is 4.88. The number of nitrogens with two attached hydrogens (primary N) is 1. The van der Waals surface area contributed by atoms with Gasteiger partial charge in [0.05, 0.1) is 28.5 Å². The van der Waals surface area contributed by atoms with Crippen LogP contribution in [0.1, 0.15) is 42.9 Å². The van der Waals surface area contributed by atoms with Crippen LogP contribution >= 0.6 is 23.1 Å². The molecule has 31 heavy (non-hydrogen) atoms. The van der Waals surface area contributed by atoms with Crippen LogP contribution in [0.25, 0.3) is 10.2 Å². The number of carbonyl (C=O) groups excluding carboxylic acids is 1. The van der Waals surface area contributed by atoms with Crippen molar-refractivity contribution < 1.29 is 9.53 Å². The van der Waals surface area contributed by atoms with Gasteiger partial charge in [0.25, 0.3) is 0 Å². The first-order chi connectivity index (χ1) is 14.9. The molecule has 1 aromatic carbocycles. The Labute approximate surface area is 188 Å². The number of rotatable bonds is 7. The summed E-state index contributed by atoms with van der Waals surface area (Å²) in [6.07, 6.45) is 0.202. The Morgan fingerprint density at radius 2 is 2.03 bits per heavy atom. The molecular formula is C21H20N6O2S2. The maximum absolute atomic E-state index is 12.4. The third-order valence-electron chi connectivity index (χ3n) is 4.44. The van der Waals surface area contributed by atoms with Crippen LogP contribution in [-0.4, -0.2) is 28.7 Å². The summed E-state index contributed by atoms with van der Waals surface area (Å²) in [6.45, 7) is 3.79. The average Bonchev–Trinajstić information content (AvgIpc) is 3.14. The Morgan fingerprint density at radius 1 is 1.29 bits per heavy atom. The van der Waals surface area contributed by atoms with Crippen LogP contribution in [0.2, 0.25) is 0 Å². The predicted octanol–water partition coefficient (Wildman–Crippen LogP) is 4.27. The van der Waals surface area contributed by atoms with Crippen molar-refractivity contribution in [3.8, 4) is 17.9 Å². The highest BCUT2D eigenvalue weighted by atomic mass is 32.2. The number of nitriles is 2. The molecule has 0 saturated heterocycles. The summed E-state index contributed by atoms with van der Waals surface area (Å²) < 4.78 is 6.12. The molecule has 8 nitrogen and oxygen atoms in total. The molecule has 0 bridgehead atoms. The Balaban J connectivity index is 1.68. The summed E-state index contributed by atoms with van der Waals surface area (Å²) in [5.74, 6) is 0.975. The van der Waals surface area contributed by atoms with Crippen LogP contribution in [0.3, 0.4) is 0 Å². The maximum Gasteiger partial charge on any atom is 0.226 e. The van der Waals surface area contributed by atoms with Crippen molar-refractivity contribution in [1.29, 1.82) is 10.5 Å². The van der Waals surface area contributed by atoms with Gasteiger partial charge in [0.15, 0.2) is 5.13 Å². The number of nitrogens with one attached hydrogen (secondary N) is 1. The highest BCUT2D eigenvalue weighted by Gasteiger charge is 2.21. The fraction of sp³-hybridized carbons (Fsp3) is 0.286. The van der Waals surface area contributed by atoms with E-state index in [4.69, 9.17) is 10.5 Å². The average molecular weight is 453 g/mol. The summed E-state index contributed by atoms with van der Waals surface area (Å²) in [4.78, 5) is 21.0. The number of anilines is 2. The summed E-state index contributed by atoms with van der Waals surface area (Å²) in [7, 11) is 1.60. The Kier molecular flexibility index (Phi) is 6.95. The number of amides is 1. The van der Waals surface area contributed by atoms with Crippen molar-refractivity contribution in [1.82, 2.24) is 9.97 Å². The number of benzene rings is 1. The first-order valence-corrected chi connectivity index (χ1v) is 11.2. The van der Waals surface area contributed by atoms with Gasteiger partial charge in [-0.1, -0.05) is 25.2 Å². The SMILES string of the molecule is COc1ccc2nc(NC(=O)CCSc3nc(N)c(C#N)c(C(C)C)c3C#N)sc2c1. The summed E-state index contributed by atoms with van der Waals surface area (Å²) >= 11 is 2.64. The highest BCUT2D eigenvalue weighted by molar-refractivity contribution is 7.99. The molecule has 0 atom stereocenters. The number of pyridine rings is 1. The molecule has 0 fully saturated rings. The lowest BCUT2D eigenvalue weighted by atomic mass is 9.94. The molecule has 2 heterocycles. The van der Waals surface area contributed by atoms with Crippen LogP contribution in [0.5, 0.6) is 5.75 Å². The van der Waals surface area contributed by atoms with Gasteiger partial charge in [0.1, 0.15) is 28.7 Å². The number of nitrogen functional groups attached to an aromatic ring is 1. The number of ether oxygens (including phenoxy) is 1. The second kappa shape index (κ2) is 9.65. The number of nitrogens with zero attached hydrogens (tertiary/aromatic N) is 4. The molecule has 2 aromatic heterocycles. The fourth-order valence-corrected chi connectivity index (χ4v) is 4.87. The fourth-order valence-electron chi connectivity index (χ4n) is 3.01. The van der Waals surface area contributed by atoms with Crippen molar-refractivity contribution in [3.63, 3.8) is 0 Å². The Bertz CT molecular complexity index is 1220. The molecule has 3 N–H and O–H groups in total. The number of methoxy groups -OCH3 is 1. The first kappa shape index (κ1) is 22.3. The van der Waals surface area contributed by atoms with Crippen LogP contribution < -0.4 is 15.8 Å². The number of fused-ring (bicyclic) bond motifs is 1. The van der Waals surface area contributed by atoms with Crippen molar-refractivity contribution in [2.24, 2.45) is 0 Å². The maximum atomic E-state index is 12.4. The lowest BCUT2D eigenvalue weighted by Gasteiger charge is -2.15. The van der Waals surface area contributed by atoms with Crippen molar-refractivity contribution in [2.75, 3.05) is 23.9 Å². The van der Waals surface area contributed by atoms with E-state index in [1.807, 2.05) is 38.1 Å². The molecule has 0 unspecified atom stereocenters. The van der Waals surface area contributed by atoms with Crippen LogP contribution in [-0.2, 0) is 4.79 Å². The Morgan fingerprint density at radius 3 is 2.68 bits per heavy atom. The van der Waals surface area contributed by atoms with Gasteiger partial charge in [-0.2, -0.15) is 10.5 Å². The molecule has 1 amide bonds. The molecule has 0 aliphatic carbocycles. The largest absolute Gasteiger partial charge is 0.497 e. The predicted molar refractivity (Wildman–Crippen MR) is 122 cm³/mol. The molecule has 0 spiro atoms. The van der Waals surface area contributed by atoms with Gasteiger partial charge in [-0.25, -0.2) is 9.97 Å². The molecule has 0 aliphatic rings. The molecule has 0 aliphatic heterocycles. The number of thiazole rings is 1. The quantitative estimate of drug-likeness (QED) is 0.507. The zero-order valence-corrected chi connectivity index (χ0v) is 18.9. The van der Waals surface area contributed by atoms with Gasteiger partial charge in [-0.05, 0) is 29.7 Å². The van der Waals surface area contributed by atoms with E-state index in [0.717, 1.165) is 16.0 Å². The topological polar surface area (TPSA) is 138 Å². The minimum Gasteiger partial charge on any atom is -0.497 e. The van der Waals surface area contributed by atoms with E-state index < -0.39 is 0 Å². The number of thioether (sulfide) groups is 1. The number of hydrogen-bond acceptors (Lipinski definition) is 9. The van der Waals surface area contributed by atoms with Crippen LogP contribution in [0.15, 0.2) is 23.2 Å². The minimum atomic E-state index is -0.192. The molecule has 0 radical (unpaired) electrons.